The summed E-state index contributed by atoms with van der Waals surface area (Å²) in [6, 6.07) is 17.6. The third kappa shape index (κ3) is 6.08. The van der Waals surface area contributed by atoms with Gasteiger partial charge in [0.2, 0.25) is 0 Å². The van der Waals surface area contributed by atoms with Crippen LogP contribution in [0.4, 0.5) is 5.69 Å². The maximum Gasteiger partial charge on any atom is 0.0718 e. The number of H-pyrrole nitrogens is 1. The number of aromatic nitrogens is 1. The number of nitrogens with one attached hydrogen (secondary N) is 3. The van der Waals surface area contributed by atoms with E-state index in [2.05, 4.69) is 58.1 Å². The molecule has 0 bridgehead atoms. The van der Waals surface area contributed by atoms with Gasteiger partial charge in [0.1, 0.15) is 0 Å². The molecule has 1 aliphatic heterocycles. The third-order valence-corrected chi connectivity index (χ3v) is 5.63. The first kappa shape index (κ1) is 21.8. The van der Waals surface area contributed by atoms with E-state index >= 15 is 0 Å². The minimum Gasteiger partial charge on any atom is -0.383 e. The number of ether oxygens (including phenoxy) is 3. The highest BCUT2D eigenvalue weighted by Gasteiger charge is 2.16. The molecule has 6 nitrogen and oxygen atoms in total. The van der Waals surface area contributed by atoms with Crippen LogP contribution in [0.3, 0.4) is 0 Å². The molecule has 1 aliphatic rings. The zero-order valence-corrected chi connectivity index (χ0v) is 18.3. The van der Waals surface area contributed by atoms with Gasteiger partial charge in [-0.2, -0.15) is 0 Å². The zero-order valence-electron chi connectivity index (χ0n) is 18.3. The largest absolute Gasteiger partial charge is 0.383 e. The fourth-order valence-electron chi connectivity index (χ4n) is 3.97. The van der Waals surface area contributed by atoms with Gasteiger partial charge in [-0.15, -0.1) is 0 Å². The molecule has 0 atom stereocenters. The summed E-state index contributed by atoms with van der Waals surface area (Å²) in [6.45, 7) is 5.29. The van der Waals surface area contributed by atoms with Crippen LogP contribution in [-0.2, 0) is 20.8 Å². The van der Waals surface area contributed by atoms with E-state index in [1.54, 1.807) is 7.11 Å². The van der Waals surface area contributed by atoms with Gasteiger partial charge in [0.15, 0.2) is 0 Å². The predicted molar refractivity (Wildman–Crippen MR) is 126 cm³/mol. The van der Waals surface area contributed by atoms with Crippen LogP contribution in [0.15, 0.2) is 48.5 Å². The number of fused-ring (bicyclic) bond motifs is 1. The number of hydrogen-bond donors (Lipinski definition) is 3. The standard InChI is InChI=1S/C25H33N3O3/c1-29-13-9-26-10-14-31-18-19-15-21-17-23(20-5-3-2-4-6-20)28-25(21)24(16-19)27-22-7-11-30-12-8-22/h2-6,15-17,22,26-28H,7-14,18H2,1H3. The molecule has 2 heterocycles. The number of rotatable bonds is 11. The van der Waals surface area contributed by atoms with Crippen LogP contribution in [-0.4, -0.2) is 57.7 Å². The van der Waals surface area contributed by atoms with Gasteiger partial charge in [-0.3, -0.25) is 0 Å². The van der Waals surface area contributed by atoms with Crippen molar-refractivity contribution in [1.29, 1.82) is 0 Å². The van der Waals surface area contributed by atoms with Gasteiger partial charge < -0.3 is 29.8 Å². The van der Waals surface area contributed by atoms with Crippen molar-refractivity contribution in [2.45, 2.75) is 25.5 Å². The lowest BCUT2D eigenvalue weighted by molar-refractivity contribution is 0.0904. The summed E-state index contributed by atoms with van der Waals surface area (Å²) in [5, 5.41) is 8.27. The van der Waals surface area contributed by atoms with Gasteiger partial charge in [0, 0.05) is 50.5 Å². The lowest BCUT2D eigenvalue weighted by Crippen LogP contribution is -2.28. The number of aromatic amines is 1. The number of anilines is 1. The van der Waals surface area contributed by atoms with Crippen LogP contribution in [0, 0.1) is 0 Å². The highest BCUT2D eigenvalue weighted by atomic mass is 16.5. The topological polar surface area (TPSA) is 67.5 Å². The van der Waals surface area contributed by atoms with Gasteiger partial charge in [-0.05, 0) is 42.2 Å². The first-order chi connectivity index (χ1) is 15.3. The van der Waals surface area contributed by atoms with Crippen LogP contribution in [0.5, 0.6) is 0 Å². The molecular weight excluding hydrogens is 390 g/mol. The van der Waals surface area contributed by atoms with E-state index in [1.807, 2.05) is 6.07 Å². The van der Waals surface area contributed by atoms with Gasteiger partial charge in [0.05, 0.1) is 31.0 Å². The van der Waals surface area contributed by atoms with E-state index in [0.717, 1.165) is 62.6 Å². The highest BCUT2D eigenvalue weighted by Crippen LogP contribution is 2.31. The molecule has 1 aromatic heterocycles. The van der Waals surface area contributed by atoms with Gasteiger partial charge in [-0.1, -0.05) is 30.3 Å². The normalized spacial score (nSPS) is 14.9. The Bertz CT molecular complexity index is 936. The molecule has 2 aromatic carbocycles. The molecule has 0 spiro atoms. The molecule has 6 heteroatoms. The van der Waals surface area contributed by atoms with Crippen LogP contribution < -0.4 is 10.6 Å². The average Bonchev–Trinajstić information content (AvgIpc) is 3.24. The first-order valence-electron chi connectivity index (χ1n) is 11.2. The first-order valence-corrected chi connectivity index (χ1v) is 11.2. The van der Waals surface area contributed by atoms with E-state index in [1.165, 1.54) is 16.5 Å². The van der Waals surface area contributed by atoms with Crippen LogP contribution >= 0.6 is 0 Å². The Balaban J connectivity index is 1.50. The smallest absolute Gasteiger partial charge is 0.0718 e. The SMILES string of the molecule is COCCNCCOCc1cc(NC2CCOCC2)c2[nH]c(-c3ccccc3)cc2c1. The Morgan fingerprint density at radius 1 is 1.03 bits per heavy atom. The summed E-state index contributed by atoms with van der Waals surface area (Å²) in [4.78, 5) is 3.64. The minimum absolute atomic E-state index is 0.432. The second-order valence-corrected chi connectivity index (χ2v) is 7.98. The number of benzene rings is 2. The van der Waals surface area contributed by atoms with Crippen molar-refractivity contribution < 1.29 is 14.2 Å². The molecule has 1 fully saturated rings. The molecule has 0 unspecified atom stereocenters. The van der Waals surface area contributed by atoms with Crippen LogP contribution in [0.2, 0.25) is 0 Å². The Labute approximate surface area is 184 Å². The summed E-state index contributed by atoms with van der Waals surface area (Å²) in [7, 11) is 1.71. The Kier molecular flexibility index (Phi) is 7.96. The molecule has 3 aromatic rings. The van der Waals surface area contributed by atoms with Crippen molar-refractivity contribution in [3.63, 3.8) is 0 Å². The average molecular weight is 424 g/mol. The number of hydrogen-bond acceptors (Lipinski definition) is 5. The quantitative estimate of drug-likeness (QED) is 0.404. The van der Waals surface area contributed by atoms with E-state index in [-0.39, 0.29) is 0 Å². The molecule has 166 valence electrons. The van der Waals surface area contributed by atoms with Crippen molar-refractivity contribution in [2.24, 2.45) is 0 Å². The van der Waals surface area contributed by atoms with Gasteiger partial charge >= 0.3 is 0 Å². The predicted octanol–water partition coefficient (Wildman–Crippen LogP) is 4.18. The summed E-state index contributed by atoms with van der Waals surface area (Å²) in [5.74, 6) is 0. The second-order valence-electron chi connectivity index (χ2n) is 7.98. The van der Waals surface area contributed by atoms with Gasteiger partial charge in [0.25, 0.3) is 0 Å². The van der Waals surface area contributed by atoms with E-state index in [4.69, 9.17) is 14.2 Å². The van der Waals surface area contributed by atoms with E-state index in [9.17, 15) is 0 Å². The second kappa shape index (κ2) is 11.3. The van der Waals surface area contributed by atoms with Crippen molar-refractivity contribution in [3.05, 3.63) is 54.1 Å². The summed E-state index contributed by atoms with van der Waals surface area (Å²) < 4.78 is 16.5. The van der Waals surface area contributed by atoms with Crippen molar-refractivity contribution in [3.8, 4) is 11.3 Å². The Hall–Kier alpha value is -2.38. The molecule has 4 rings (SSSR count). The minimum atomic E-state index is 0.432. The molecule has 0 aliphatic carbocycles. The highest BCUT2D eigenvalue weighted by molar-refractivity contribution is 5.95. The lowest BCUT2D eigenvalue weighted by atomic mass is 10.1. The van der Waals surface area contributed by atoms with Crippen molar-refractivity contribution in [1.82, 2.24) is 10.3 Å². The molecule has 31 heavy (non-hydrogen) atoms. The zero-order chi connectivity index (χ0) is 21.3. The summed E-state index contributed by atoms with van der Waals surface area (Å²) in [6.07, 6.45) is 2.06. The maximum atomic E-state index is 5.92. The monoisotopic (exact) mass is 423 g/mol. The van der Waals surface area contributed by atoms with E-state index in [0.29, 0.717) is 19.3 Å². The Morgan fingerprint density at radius 3 is 2.65 bits per heavy atom. The summed E-state index contributed by atoms with van der Waals surface area (Å²) in [5.41, 5.74) is 5.79. The van der Waals surface area contributed by atoms with Crippen molar-refractivity contribution >= 4 is 16.6 Å². The fourth-order valence-corrected chi connectivity index (χ4v) is 3.97. The summed E-state index contributed by atoms with van der Waals surface area (Å²) >= 11 is 0. The molecule has 1 saturated heterocycles. The van der Waals surface area contributed by atoms with Crippen LogP contribution in [0.1, 0.15) is 18.4 Å². The number of methoxy groups -OCH3 is 1. The van der Waals surface area contributed by atoms with Gasteiger partial charge in [-0.25, -0.2) is 0 Å². The maximum absolute atomic E-state index is 5.92. The molecule has 0 amide bonds. The molecule has 0 saturated carbocycles. The third-order valence-electron chi connectivity index (χ3n) is 5.63. The molecule has 3 N–H and O–H groups in total. The Morgan fingerprint density at radius 2 is 1.84 bits per heavy atom. The molecular formula is C25H33N3O3. The van der Waals surface area contributed by atoms with Crippen LogP contribution in [0.25, 0.3) is 22.2 Å². The van der Waals surface area contributed by atoms with Crippen molar-refractivity contribution in [2.75, 3.05) is 51.9 Å². The lowest BCUT2D eigenvalue weighted by Gasteiger charge is -2.24. The van der Waals surface area contributed by atoms with E-state index < -0.39 is 0 Å². The fraction of sp³-hybridized carbons (Fsp3) is 0.440. The molecule has 0 radical (unpaired) electrons.